The largest absolute Gasteiger partial charge is 0.394 e. The van der Waals surface area contributed by atoms with Crippen molar-refractivity contribution in [2.75, 3.05) is 31.3 Å². The summed E-state index contributed by atoms with van der Waals surface area (Å²) in [6, 6.07) is 1.52. The molecule has 1 saturated heterocycles. The first-order chi connectivity index (χ1) is 7.72. The third-order valence-electron chi connectivity index (χ3n) is 2.45. The van der Waals surface area contributed by atoms with Crippen LogP contribution in [0.15, 0.2) is 6.07 Å². The van der Waals surface area contributed by atoms with Gasteiger partial charge in [-0.25, -0.2) is 0 Å². The molecule has 5 nitrogen and oxygen atoms in total. The first kappa shape index (κ1) is 11.9. The van der Waals surface area contributed by atoms with Crippen LogP contribution in [0.4, 0.5) is 5.69 Å². The number of aliphatic hydroxyl groups excluding tert-OH is 1. The number of ether oxygens (including phenoxy) is 1. The Balaban J connectivity index is 2.30. The van der Waals surface area contributed by atoms with Crippen molar-refractivity contribution in [1.82, 2.24) is 10.2 Å². The highest BCUT2D eigenvalue weighted by Crippen LogP contribution is 2.27. The molecule has 2 rings (SSSR count). The van der Waals surface area contributed by atoms with E-state index in [1.165, 1.54) is 0 Å². The SMILES string of the molecule is OCC1COCCN1c1cc(Cl)nnc1Cl. The summed E-state index contributed by atoms with van der Waals surface area (Å²) in [6.45, 7) is 1.70. The highest BCUT2D eigenvalue weighted by molar-refractivity contribution is 6.33. The summed E-state index contributed by atoms with van der Waals surface area (Å²) in [5, 5.41) is 17.2. The quantitative estimate of drug-likeness (QED) is 0.862. The molecule has 0 saturated carbocycles. The lowest BCUT2D eigenvalue weighted by Gasteiger charge is -2.36. The van der Waals surface area contributed by atoms with Crippen molar-refractivity contribution >= 4 is 28.9 Å². The standard InChI is InChI=1S/C9H11Cl2N3O2/c10-8-3-7(9(11)13-12-8)14-1-2-16-5-6(14)4-15/h3,6,15H,1-2,4-5H2. The zero-order chi connectivity index (χ0) is 11.5. The van der Waals surface area contributed by atoms with Gasteiger partial charge in [0, 0.05) is 12.6 Å². The molecule has 1 aliphatic rings. The number of anilines is 1. The van der Waals surface area contributed by atoms with Gasteiger partial charge in [-0.3, -0.25) is 0 Å². The smallest absolute Gasteiger partial charge is 0.175 e. The van der Waals surface area contributed by atoms with Crippen molar-refractivity contribution in [1.29, 1.82) is 0 Å². The minimum atomic E-state index is -0.119. The highest BCUT2D eigenvalue weighted by Gasteiger charge is 2.25. The van der Waals surface area contributed by atoms with Crippen molar-refractivity contribution in [2.45, 2.75) is 6.04 Å². The molecular weight excluding hydrogens is 253 g/mol. The molecule has 1 unspecified atom stereocenters. The normalized spacial score (nSPS) is 21.2. The molecule has 7 heteroatoms. The van der Waals surface area contributed by atoms with Gasteiger partial charge in [-0.1, -0.05) is 23.2 Å². The second-order valence-corrected chi connectivity index (χ2v) is 4.19. The average Bonchev–Trinajstić information content (AvgIpc) is 2.32. The summed E-state index contributed by atoms with van der Waals surface area (Å²) < 4.78 is 5.28. The van der Waals surface area contributed by atoms with Crippen LogP contribution in [0.1, 0.15) is 0 Å². The molecule has 0 aromatic carbocycles. The number of morpholine rings is 1. The maximum atomic E-state index is 9.25. The number of halogens is 2. The minimum Gasteiger partial charge on any atom is -0.394 e. The number of hydrogen-bond acceptors (Lipinski definition) is 5. The number of hydrogen-bond donors (Lipinski definition) is 1. The summed E-state index contributed by atoms with van der Waals surface area (Å²) in [5.74, 6) is 0. The molecule has 2 heterocycles. The fourth-order valence-corrected chi connectivity index (χ4v) is 2.01. The second-order valence-electron chi connectivity index (χ2n) is 3.45. The first-order valence-electron chi connectivity index (χ1n) is 4.86. The molecule has 88 valence electrons. The van der Waals surface area contributed by atoms with Crippen molar-refractivity contribution < 1.29 is 9.84 Å². The van der Waals surface area contributed by atoms with Crippen LogP contribution in [0.2, 0.25) is 10.3 Å². The maximum Gasteiger partial charge on any atom is 0.175 e. The zero-order valence-corrected chi connectivity index (χ0v) is 9.95. The fraction of sp³-hybridized carbons (Fsp3) is 0.556. The van der Waals surface area contributed by atoms with Crippen LogP contribution in [0.5, 0.6) is 0 Å². The van der Waals surface area contributed by atoms with Crippen LogP contribution in [-0.2, 0) is 4.74 Å². The molecule has 0 radical (unpaired) electrons. The van der Waals surface area contributed by atoms with Gasteiger partial charge in [-0.15, -0.1) is 10.2 Å². The molecule has 1 atom stereocenters. The molecule has 1 fully saturated rings. The van der Waals surface area contributed by atoms with Crippen LogP contribution in [-0.4, -0.2) is 47.7 Å². The van der Waals surface area contributed by atoms with Gasteiger partial charge in [-0.05, 0) is 0 Å². The molecule has 1 N–H and O–H groups in total. The molecule has 0 bridgehead atoms. The van der Waals surface area contributed by atoms with E-state index in [2.05, 4.69) is 10.2 Å². The van der Waals surface area contributed by atoms with Gasteiger partial charge in [0.15, 0.2) is 10.3 Å². The third kappa shape index (κ3) is 2.38. The van der Waals surface area contributed by atoms with Gasteiger partial charge in [-0.2, -0.15) is 0 Å². The first-order valence-corrected chi connectivity index (χ1v) is 5.62. The predicted octanol–water partition coefficient (Wildman–Crippen LogP) is 0.981. The molecule has 0 spiro atoms. The zero-order valence-electron chi connectivity index (χ0n) is 8.44. The van der Waals surface area contributed by atoms with Crippen LogP contribution in [0.3, 0.4) is 0 Å². The summed E-state index contributed by atoms with van der Waals surface area (Å²) >= 11 is 11.7. The van der Waals surface area contributed by atoms with E-state index in [0.29, 0.717) is 25.4 Å². The number of aliphatic hydroxyl groups is 1. The number of nitrogens with zero attached hydrogens (tertiary/aromatic N) is 3. The van der Waals surface area contributed by atoms with Crippen LogP contribution in [0, 0.1) is 0 Å². The van der Waals surface area contributed by atoms with E-state index >= 15 is 0 Å². The molecule has 0 amide bonds. The molecule has 16 heavy (non-hydrogen) atoms. The van der Waals surface area contributed by atoms with E-state index in [9.17, 15) is 5.11 Å². The average molecular weight is 264 g/mol. The second kappa shape index (κ2) is 5.14. The van der Waals surface area contributed by atoms with Gasteiger partial charge in [0.05, 0.1) is 31.5 Å². The Morgan fingerprint density at radius 2 is 2.31 bits per heavy atom. The van der Waals surface area contributed by atoms with Gasteiger partial charge in [0.1, 0.15) is 0 Å². The Labute approximate surface area is 103 Å². The summed E-state index contributed by atoms with van der Waals surface area (Å²) in [5.41, 5.74) is 0.684. The summed E-state index contributed by atoms with van der Waals surface area (Å²) in [7, 11) is 0. The predicted molar refractivity (Wildman–Crippen MR) is 61.1 cm³/mol. The molecule has 0 aliphatic carbocycles. The highest BCUT2D eigenvalue weighted by atomic mass is 35.5. The lowest BCUT2D eigenvalue weighted by molar-refractivity contribution is 0.0727. The maximum absolute atomic E-state index is 9.25. The topological polar surface area (TPSA) is 58.5 Å². The van der Waals surface area contributed by atoms with Crippen LogP contribution in [0.25, 0.3) is 0 Å². The van der Waals surface area contributed by atoms with E-state index in [1.54, 1.807) is 6.07 Å². The monoisotopic (exact) mass is 263 g/mol. The molecule has 1 aromatic heterocycles. The van der Waals surface area contributed by atoms with Crippen LogP contribution < -0.4 is 4.90 Å². The van der Waals surface area contributed by atoms with Crippen molar-refractivity contribution in [2.24, 2.45) is 0 Å². The molecule has 1 aliphatic heterocycles. The molecular formula is C9H11Cl2N3O2. The molecule has 1 aromatic rings. The van der Waals surface area contributed by atoms with E-state index in [0.717, 1.165) is 0 Å². The van der Waals surface area contributed by atoms with E-state index < -0.39 is 0 Å². The van der Waals surface area contributed by atoms with Crippen molar-refractivity contribution in [3.05, 3.63) is 16.4 Å². The Kier molecular flexibility index (Phi) is 3.81. The lowest BCUT2D eigenvalue weighted by atomic mass is 10.2. The fourth-order valence-electron chi connectivity index (χ4n) is 1.67. The van der Waals surface area contributed by atoms with Gasteiger partial charge < -0.3 is 14.7 Å². The van der Waals surface area contributed by atoms with E-state index in [-0.39, 0.29) is 23.0 Å². The summed E-state index contributed by atoms with van der Waals surface area (Å²) in [6.07, 6.45) is 0. The van der Waals surface area contributed by atoms with Crippen LogP contribution >= 0.6 is 23.2 Å². The Hall–Kier alpha value is -0.620. The van der Waals surface area contributed by atoms with E-state index in [1.807, 2.05) is 4.90 Å². The number of rotatable bonds is 2. The Morgan fingerprint density at radius 1 is 1.50 bits per heavy atom. The Morgan fingerprint density at radius 3 is 3.06 bits per heavy atom. The third-order valence-corrected chi connectivity index (χ3v) is 2.90. The summed E-state index contributed by atoms with van der Waals surface area (Å²) in [4.78, 5) is 1.94. The van der Waals surface area contributed by atoms with Crippen molar-refractivity contribution in [3.63, 3.8) is 0 Å². The van der Waals surface area contributed by atoms with E-state index in [4.69, 9.17) is 27.9 Å². The van der Waals surface area contributed by atoms with Gasteiger partial charge in [0.25, 0.3) is 0 Å². The lowest BCUT2D eigenvalue weighted by Crippen LogP contribution is -2.47. The van der Waals surface area contributed by atoms with Gasteiger partial charge in [0.2, 0.25) is 0 Å². The minimum absolute atomic E-state index is 0.00370. The van der Waals surface area contributed by atoms with Gasteiger partial charge >= 0.3 is 0 Å². The Bertz CT molecular complexity index is 378. The number of aromatic nitrogens is 2. The van der Waals surface area contributed by atoms with Crippen molar-refractivity contribution in [3.8, 4) is 0 Å².